The van der Waals surface area contributed by atoms with Crippen LogP contribution in [0.3, 0.4) is 0 Å². The molecule has 2 rings (SSSR count). The van der Waals surface area contributed by atoms with E-state index in [1.54, 1.807) is 0 Å². The predicted octanol–water partition coefficient (Wildman–Crippen LogP) is 2.15. The van der Waals surface area contributed by atoms with Crippen LogP contribution in [0.2, 0.25) is 5.02 Å². The van der Waals surface area contributed by atoms with Gasteiger partial charge in [-0.2, -0.15) is 0 Å². The van der Waals surface area contributed by atoms with Crippen molar-refractivity contribution >= 4 is 17.3 Å². The maximum atomic E-state index is 6.20. The van der Waals surface area contributed by atoms with E-state index in [0.717, 1.165) is 18.1 Å². The Bertz CT molecular complexity index is 356. The molecule has 1 heterocycles. The molecule has 4 heteroatoms. The number of nitrogens with two attached hydrogens (primary N) is 1. The summed E-state index contributed by atoms with van der Waals surface area (Å²) in [5.74, 6) is 5.43. The fourth-order valence-corrected chi connectivity index (χ4v) is 2.54. The number of halogens is 1. The summed E-state index contributed by atoms with van der Waals surface area (Å²) in [5.41, 5.74) is 2.39. The molecular weight excluding hydrogens is 212 g/mol. The Morgan fingerprint density at radius 2 is 2.40 bits per heavy atom. The summed E-state index contributed by atoms with van der Waals surface area (Å²) in [4.78, 5) is 7.04. The van der Waals surface area contributed by atoms with E-state index in [1.807, 2.05) is 12.1 Å². The lowest BCUT2D eigenvalue weighted by Gasteiger charge is -2.16. The Hall–Kier alpha value is -0.770. The van der Waals surface area contributed by atoms with Crippen molar-refractivity contribution in [1.82, 2.24) is 0 Å². The number of anilines is 1. The zero-order valence-corrected chi connectivity index (χ0v) is 9.50. The van der Waals surface area contributed by atoms with Crippen LogP contribution in [0.4, 0.5) is 5.69 Å². The van der Waals surface area contributed by atoms with Crippen LogP contribution in [-0.4, -0.2) is 19.7 Å². The molecule has 1 aliphatic heterocycles. The molecular formula is C11H15ClN2O. The third-order valence-electron chi connectivity index (χ3n) is 2.90. The number of hydrogen-bond donors (Lipinski definition) is 1. The molecule has 2 N–H and O–H groups in total. The van der Waals surface area contributed by atoms with E-state index in [0.29, 0.717) is 12.5 Å². The van der Waals surface area contributed by atoms with Crippen LogP contribution in [-0.2, 0) is 4.84 Å². The van der Waals surface area contributed by atoms with Gasteiger partial charge in [-0.05, 0) is 19.1 Å². The highest BCUT2D eigenvalue weighted by Gasteiger charge is 2.29. The van der Waals surface area contributed by atoms with Gasteiger partial charge in [0.25, 0.3) is 0 Å². The minimum atomic E-state index is 0.290. The summed E-state index contributed by atoms with van der Waals surface area (Å²) in [6.07, 6.45) is 0. The molecule has 0 bridgehead atoms. The highest BCUT2D eigenvalue weighted by atomic mass is 35.5. The summed E-state index contributed by atoms with van der Waals surface area (Å²) in [6.45, 7) is 4.57. The number of hydrogen-bond acceptors (Lipinski definition) is 3. The van der Waals surface area contributed by atoms with Gasteiger partial charge in [0.1, 0.15) is 0 Å². The summed E-state index contributed by atoms with van der Waals surface area (Å²) >= 11 is 6.20. The zero-order valence-electron chi connectivity index (χ0n) is 8.74. The third-order valence-corrected chi connectivity index (χ3v) is 3.23. The standard InChI is InChI=1S/C11H15ClN2O/c1-2-14-6-8(7-15-13)11-9(12)4-3-5-10(11)14/h3-5,8H,2,6-7,13H2,1H3. The largest absolute Gasteiger partial charge is 0.371 e. The molecule has 0 saturated heterocycles. The summed E-state index contributed by atoms with van der Waals surface area (Å²) in [6, 6.07) is 6.00. The van der Waals surface area contributed by atoms with Crippen LogP contribution in [0, 0.1) is 0 Å². The van der Waals surface area contributed by atoms with Crippen LogP contribution < -0.4 is 10.8 Å². The van der Waals surface area contributed by atoms with Crippen molar-refractivity contribution in [2.75, 3.05) is 24.6 Å². The predicted molar refractivity (Wildman–Crippen MR) is 62.2 cm³/mol. The van der Waals surface area contributed by atoms with Crippen molar-refractivity contribution in [3.63, 3.8) is 0 Å². The number of benzene rings is 1. The van der Waals surface area contributed by atoms with Crippen molar-refractivity contribution in [2.45, 2.75) is 12.8 Å². The lowest BCUT2D eigenvalue weighted by Crippen LogP contribution is -2.23. The highest BCUT2D eigenvalue weighted by molar-refractivity contribution is 6.32. The SMILES string of the molecule is CCN1CC(CON)c2c(Cl)cccc21. The first-order valence-corrected chi connectivity index (χ1v) is 5.50. The summed E-state index contributed by atoms with van der Waals surface area (Å²) in [7, 11) is 0. The third kappa shape index (κ3) is 1.83. The Labute approximate surface area is 94.7 Å². The van der Waals surface area contributed by atoms with Gasteiger partial charge in [0.15, 0.2) is 0 Å². The molecule has 0 spiro atoms. The molecule has 0 fully saturated rings. The number of nitrogens with zero attached hydrogens (tertiary/aromatic N) is 1. The molecule has 3 nitrogen and oxygen atoms in total. The topological polar surface area (TPSA) is 38.5 Å². The van der Waals surface area contributed by atoms with Crippen molar-refractivity contribution in [3.8, 4) is 0 Å². The quantitative estimate of drug-likeness (QED) is 0.803. The Kier molecular flexibility index (Phi) is 3.14. The first kappa shape index (κ1) is 10.7. The molecule has 0 aromatic heterocycles. The molecule has 0 radical (unpaired) electrons. The molecule has 82 valence electrons. The van der Waals surface area contributed by atoms with E-state index >= 15 is 0 Å². The Morgan fingerprint density at radius 1 is 1.60 bits per heavy atom. The molecule has 1 unspecified atom stereocenters. The van der Waals surface area contributed by atoms with Gasteiger partial charge in [-0.25, -0.2) is 5.90 Å². The zero-order chi connectivity index (χ0) is 10.8. The van der Waals surface area contributed by atoms with Crippen LogP contribution in [0.1, 0.15) is 18.4 Å². The van der Waals surface area contributed by atoms with Gasteiger partial charge in [0.05, 0.1) is 6.61 Å². The Morgan fingerprint density at radius 3 is 3.07 bits per heavy atom. The van der Waals surface area contributed by atoms with Crippen molar-refractivity contribution < 1.29 is 4.84 Å². The first-order chi connectivity index (χ1) is 7.27. The fourth-order valence-electron chi connectivity index (χ4n) is 2.21. The maximum absolute atomic E-state index is 6.20. The van der Waals surface area contributed by atoms with Crippen LogP contribution in [0.5, 0.6) is 0 Å². The van der Waals surface area contributed by atoms with Gasteiger partial charge in [0, 0.05) is 35.3 Å². The lowest BCUT2D eigenvalue weighted by atomic mass is 10.0. The maximum Gasteiger partial charge on any atom is 0.0766 e. The van der Waals surface area contributed by atoms with Gasteiger partial charge >= 0.3 is 0 Å². The van der Waals surface area contributed by atoms with E-state index in [4.69, 9.17) is 22.3 Å². The molecule has 1 aromatic rings. The monoisotopic (exact) mass is 226 g/mol. The average molecular weight is 227 g/mol. The highest BCUT2D eigenvalue weighted by Crippen LogP contribution is 2.40. The molecule has 1 aromatic carbocycles. The number of rotatable bonds is 3. The minimum Gasteiger partial charge on any atom is -0.371 e. The minimum absolute atomic E-state index is 0.290. The first-order valence-electron chi connectivity index (χ1n) is 5.13. The molecule has 0 amide bonds. The van der Waals surface area contributed by atoms with Crippen LogP contribution in [0.25, 0.3) is 0 Å². The second-order valence-electron chi connectivity index (χ2n) is 3.74. The smallest absolute Gasteiger partial charge is 0.0766 e. The van der Waals surface area contributed by atoms with Gasteiger partial charge < -0.3 is 9.74 Å². The van der Waals surface area contributed by atoms with E-state index < -0.39 is 0 Å². The van der Waals surface area contributed by atoms with Crippen molar-refractivity contribution in [3.05, 3.63) is 28.8 Å². The van der Waals surface area contributed by atoms with Crippen molar-refractivity contribution in [1.29, 1.82) is 0 Å². The normalized spacial score (nSPS) is 19.4. The second kappa shape index (κ2) is 4.39. The molecule has 1 atom stereocenters. The fraction of sp³-hybridized carbons (Fsp3) is 0.455. The van der Waals surface area contributed by atoms with Gasteiger partial charge in [-0.1, -0.05) is 17.7 Å². The van der Waals surface area contributed by atoms with E-state index in [1.165, 1.54) is 11.3 Å². The molecule has 0 aliphatic carbocycles. The lowest BCUT2D eigenvalue weighted by molar-refractivity contribution is 0.126. The average Bonchev–Trinajstić information content (AvgIpc) is 2.59. The van der Waals surface area contributed by atoms with Crippen LogP contribution >= 0.6 is 11.6 Å². The summed E-state index contributed by atoms with van der Waals surface area (Å²) in [5, 5.41) is 0.811. The van der Waals surface area contributed by atoms with E-state index in [2.05, 4.69) is 17.9 Å². The molecule has 15 heavy (non-hydrogen) atoms. The van der Waals surface area contributed by atoms with Gasteiger partial charge in [-0.3, -0.25) is 0 Å². The van der Waals surface area contributed by atoms with Gasteiger partial charge in [-0.15, -0.1) is 0 Å². The second-order valence-corrected chi connectivity index (χ2v) is 4.15. The number of likely N-dealkylation sites (N-methyl/N-ethyl adjacent to an activating group) is 1. The summed E-state index contributed by atoms with van der Waals surface area (Å²) < 4.78 is 0. The molecule has 0 saturated carbocycles. The van der Waals surface area contributed by atoms with E-state index in [9.17, 15) is 0 Å². The van der Waals surface area contributed by atoms with Crippen molar-refractivity contribution in [2.24, 2.45) is 5.90 Å². The van der Waals surface area contributed by atoms with Crippen LogP contribution in [0.15, 0.2) is 18.2 Å². The van der Waals surface area contributed by atoms with Gasteiger partial charge in [0.2, 0.25) is 0 Å². The molecule has 1 aliphatic rings. The number of fused-ring (bicyclic) bond motifs is 1. The van der Waals surface area contributed by atoms with E-state index in [-0.39, 0.29) is 0 Å². The Balaban J connectivity index is 2.39.